The number of likely N-dealkylation sites (tertiary alicyclic amines) is 1. The number of nitrogens with zero attached hydrogens (tertiary/aromatic N) is 1. The van der Waals surface area contributed by atoms with Crippen LogP contribution < -0.4 is 5.32 Å². The normalized spacial score (nSPS) is 20.6. The Morgan fingerprint density at radius 2 is 2.21 bits per heavy atom. The molecule has 1 heterocycles. The van der Waals surface area contributed by atoms with Gasteiger partial charge in [-0.25, -0.2) is 0 Å². The highest BCUT2D eigenvalue weighted by Gasteiger charge is 2.19. The van der Waals surface area contributed by atoms with E-state index >= 15 is 0 Å². The number of methoxy groups -OCH3 is 1. The van der Waals surface area contributed by atoms with E-state index in [9.17, 15) is 0 Å². The molecule has 0 aliphatic carbocycles. The van der Waals surface area contributed by atoms with E-state index in [0.29, 0.717) is 6.10 Å². The third kappa shape index (κ3) is 4.60. The van der Waals surface area contributed by atoms with Crippen molar-refractivity contribution in [3.05, 3.63) is 35.4 Å². The lowest BCUT2D eigenvalue weighted by Crippen LogP contribution is -2.38. The predicted molar refractivity (Wildman–Crippen MR) is 79.1 cm³/mol. The van der Waals surface area contributed by atoms with Crippen molar-refractivity contribution in [2.45, 2.75) is 39.0 Å². The molecule has 1 atom stereocenters. The van der Waals surface area contributed by atoms with Crippen LogP contribution in [-0.2, 0) is 17.8 Å². The SMILES string of the molecule is CCNCc1cccc(CN2CCCC(OC)C2)c1. The molecule has 1 fully saturated rings. The van der Waals surface area contributed by atoms with Gasteiger partial charge in [-0.15, -0.1) is 0 Å². The Hall–Kier alpha value is -0.900. The second-order valence-corrected chi connectivity index (χ2v) is 5.34. The predicted octanol–water partition coefficient (Wildman–Crippen LogP) is 2.41. The third-order valence-corrected chi connectivity index (χ3v) is 3.77. The molecule has 1 unspecified atom stereocenters. The van der Waals surface area contributed by atoms with Crippen LogP contribution >= 0.6 is 0 Å². The van der Waals surface area contributed by atoms with E-state index in [-0.39, 0.29) is 0 Å². The molecule has 0 amide bonds. The molecule has 1 aliphatic heterocycles. The maximum Gasteiger partial charge on any atom is 0.0698 e. The number of rotatable bonds is 6. The summed E-state index contributed by atoms with van der Waals surface area (Å²) in [6, 6.07) is 8.91. The van der Waals surface area contributed by atoms with Crippen LogP contribution in [-0.4, -0.2) is 37.7 Å². The summed E-state index contributed by atoms with van der Waals surface area (Å²) in [5.41, 5.74) is 2.78. The summed E-state index contributed by atoms with van der Waals surface area (Å²) in [5.74, 6) is 0. The zero-order valence-electron chi connectivity index (χ0n) is 12.2. The maximum atomic E-state index is 5.48. The number of ether oxygens (including phenoxy) is 1. The summed E-state index contributed by atoms with van der Waals surface area (Å²) in [4.78, 5) is 2.50. The van der Waals surface area contributed by atoms with E-state index in [2.05, 4.69) is 41.4 Å². The van der Waals surface area contributed by atoms with Crippen molar-refractivity contribution in [2.75, 3.05) is 26.7 Å². The molecule has 1 aromatic carbocycles. The minimum atomic E-state index is 0.415. The van der Waals surface area contributed by atoms with Crippen LogP contribution in [0.25, 0.3) is 0 Å². The van der Waals surface area contributed by atoms with Crippen LogP contribution in [0.2, 0.25) is 0 Å². The van der Waals surface area contributed by atoms with Crippen molar-refractivity contribution in [3.8, 4) is 0 Å². The van der Waals surface area contributed by atoms with E-state index < -0.39 is 0 Å². The second kappa shape index (κ2) is 7.63. The summed E-state index contributed by atoms with van der Waals surface area (Å²) in [6.45, 7) is 7.42. The van der Waals surface area contributed by atoms with Gasteiger partial charge in [-0.2, -0.15) is 0 Å². The van der Waals surface area contributed by atoms with E-state index in [1.54, 1.807) is 0 Å². The molecule has 19 heavy (non-hydrogen) atoms. The zero-order valence-corrected chi connectivity index (χ0v) is 12.2. The fourth-order valence-electron chi connectivity index (χ4n) is 2.71. The minimum absolute atomic E-state index is 0.415. The van der Waals surface area contributed by atoms with Gasteiger partial charge in [-0.3, -0.25) is 4.90 Å². The van der Waals surface area contributed by atoms with Gasteiger partial charge in [0.05, 0.1) is 6.10 Å². The maximum absolute atomic E-state index is 5.48. The second-order valence-electron chi connectivity index (χ2n) is 5.34. The highest BCUT2D eigenvalue weighted by atomic mass is 16.5. The lowest BCUT2D eigenvalue weighted by molar-refractivity contribution is 0.0285. The van der Waals surface area contributed by atoms with Gasteiger partial charge in [0.25, 0.3) is 0 Å². The van der Waals surface area contributed by atoms with Gasteiger partial charge in [0.2, 0.25) is 0 Å². The molecule has 106 valence electrons. The van der Waals surface area contributed by atoms with Crippen molar-refractivity contribution in [2.24, 2.45) is 0 Å². The third-order valence-electron chi connectivity index (χ3n) is 3.77. The first-order chi connectivity index (χ1) is 9.31. The molecule has 1 N–H and O–H groups in total. The number of nitrogens with one attached hydrogen (secondary N) is 1. The lowest BCUT2D eigenvalue weighted by Gasteiger charge is -2.31. The van der Waals surface area contributed by atoms with E-state index in [0.717, 1.165) is 26.2 Å². The monoisotopic (exact) mass is 262 g/mol. The van der Waals surface area contributed by atoms with E-state index in [4.69, 9.17) is 4.74 Å². The van der Waals surface area contributed by atoms with Crippen molar-refractivity contribution in [3.63, 3.8) is 0 Å². The first-order valence-electron chi connectivity index (χ1n) is 7.35. The van der Waals surface area contributed by atoms with Crippen LogP contribution in [0, 0.1) is 0 Å². The molecular weight excluding hydrogens is 236 g/mol. The molecular formula is C16H26N2O. The van der Waals surface area contributed by atoms with Gasteiger partial charge in [0, 0.05) is 26.7 Å². The Morgan fingerprint density at radius 3 is 3.00 bits per heavy atom. The minimum Gasteiger partial charge on any atom is -0.380 e. The van der Waals surface area contributed by atoms with Gasteiger partial charge in [0.15, 0.2) is 0 Å². The number of hydrogen-bond acceptors (Lipinski definition) is 3. The highest BCUT2D eigenvalue weighted by molar-refractivity contribution is 5.23. The van der Waals surface area contributed by atoms with Crippen LogP contribution in [0.15, 0.2) is 24.3 Å². The van der Waals surface area contributed by atoms with Crippen LogP contribution in [0.1, 0.15) is 30.9 Å². The molecule has 0 saturated carbocycles. The molecule has 1 saturated heterocycles. The van der Waals surface area contributed by atoms with Gasteiger partial charge < -0.3 is 10.1 Å². The molecule has 3 heteroatoms. The van der Waals surface area contributed by atoms with E-state index in [1.807, 2.05) is 7.11 Å². The van der Waals surface area contributed by atoms with Gasteiger partial charge in [0.1, 0.15) is 0 Å². The number of piperidine rings is 1. The Balaban J connectivity index is 1.90. The van der Waals surface area contributed by atoms with Crippen molar-refractivity contribution in [1.82, 2.24) is 10.2 Å². The van der Waals surface area contributed by atoms with Crippen molar-refractivity contribution >= 4 is 0 Å². The summed E-state index contributed by atoms with van der Waals surface area (Å²) in [6.07, 6.45) is 2.86. The highest BCUT2D eigenvalue weighted by Crippen LogP contribution is 2.16. The Bertz CT molecular complexity index is 381. The average Bonchev–Trinajstić information content (AvgIpc) is 2.46. The molecule has 1 aromatic rings. The Kier molecular flexibility index (Phi) is 5.83. The molecule has 0 bridgehead atoms. The molecule has 2 rings (SSSR count). The first-order valence-corrected chi connectivity index (χ1v) is 7.35. The molecule has 1 aliphatic rings. The fourth-order valence-corrected chi connectivity index (χ4v) is 2.71. The fraction of sp³-hybridized carbons (Fsp3) is 0.625. The Labute approximate surface area is 116 Å². The van der Waals surface area contributed by atoms with E-state index in [1.165, 1.54) is 30.5 Å². The van der Waals surface area contributed by atoms with Crippen molar-refractivity contribution < 1.29 is 4.74 Å². The number of benzene rings is 1. The molecule has 0 radical (unpaired) electrons. The number of hydrogen-bond donors (Lipinski definition) is 1. The first kappa shape index (κ1) is 14.5. The van der Waals surface area contributed by atoms with Gasteiger partial charge in [-0.05, 0) is 37.1 Å². The van der Waals surface area contributed by atoms with Crippen LogP contribution in [0.4, 0.5) is 0 Å². The summed E-state index contributed by atoms with van der Waals surface area (Å²) >= 11 is 0. The molecule has 3 nitrogen and oxygen atoms in total. The van der Waals surface area contributed by atoms with Gasteiger partial charge in [-0.1, -0.05) is 31.2 Å². The quantitative estimate of drug-likeness (QED) is 0.852. The summed E-state index contributed by atoms with van der Waals surface area (Å²) in [5, 5.41) is 3.38. The topological polar surface area (TPSA) is 24.5 Å². The standard InChI is InChI=1S/C16H26N2O/c1-3-17-11-14-6-4-7-15(10-14)12-18-9-5-8-16(13-18)19-2/h4,6-7,10,16-17H,3,5,8-9,11-13H2,1-2H3. The van der Waals surface area contributed by atoms with Crippen molar-refractivity contribution in [1.29, 1.82) is 0 Å². The van der Waals surface area contributed by atoms with Gasteiger partial charge >= 0.3 is 0 Å². The Morgan fingerprint density at radius 1 is 1.37 bits per heavy atom. The summed E-state index contributed by atoms with van der Waals surface area (Å²) < 4.78 is 5.48. The van der Waals surface area contributed by atoms with Crippen LogP contribution in [0.3, 0.4) is 0 Å². The smallest absolute Gasteiger partial charge is 0.0698 e. The summed E-state index contributed by atoms with van der Waals surface area (Å²) in [7, 11) is 1.82. The molecule has 0 spiro atoms. The molecule has 0 aromatic heterocycles. The zero-order chi connectivity index (χ0) is 13.5. The van der Waals surface area contributed by atoms with Crippen LogP contribution in [0.5, 0.6) is 0 Å². The lowest BCUT2D eigenvalue weighted by atomic mass is 10.1. The average molecular weight is 262 g/mol. The largest absolute Gasteiger partial charge is 0.380 e.